The molecule has 0 saturated carbocycles. The second kappa shape index (κ2) is 9.59. The minimum Gasteiger partial charge on any atom is -0.452 e. The van der Waals surface area contributed by atoms with Gasteiger partial charge in [0.05, 0.1) is 10.5 Å². The minimum absolute atomic E-state index is 0.0412. The standard InChI is InChI=1S/C23H27N3O5/c1-15-5-4-10-25(13-15)20-9-7-18(12-21(20)26(29)30)23(28)31-14-22(27)24-19-8-6-16(2)17(3)11-19/h6-9,11-12,15H,4-5,10,13-14H2,1-3H3,(H,24,27)/t15-/m0/s1. The third-order valence-electron chi connectivity index (χ3n) is 5.53. The molecule has 31 heavy (non-hydrogen) atoms. The van der Waals surface area contributed by atoms with Crippen molar-refractivity contribution in [1.82, 2.24) is 0 Å². The fourth-order valence-corrected chi connectivity index (χ4v) is 3.70. The number of amides is 1. The molecule has 8 nitrogen and oxygen atoms in total. The molecule has 1 heterocycles. The van der Waals surface area contributed by atoms with Gasteiger partial charge < -0.3 is 15.0 Å². The van der Waals surface area contributed by atoms with Crippen LogP contribution in [0.1, 0.15) is 41.3 Å². The quantitative estimate of drug-likeness (QED) is 0.422. The summed E-state index contributed by atoms with van der Waals surface area (Å²) in [4.78, 5) is 37.6. The first-order chi connectivity index (χ1) is 14.7. The van der Waals surface area contributed by atoms with Gasteiger partial charge in [-0.15, -0.1) is 0 Å². The van der Waals surface area contributed by atoms with E-state index in [2.05, 4.69) is 12.2 Å². The van der Waals surface area contributed by atoms with Crippen molar-refractivity contribution < 1.29 is 19.2 Å². The van der Waals surface area contributed by atoms with Crippen LogP contribution in [0.3, 0.4) is 0 Å². The van der Waals surface area contributed by atoms with Crippen LogP contribution in [0.4, 0.5) is 17.1 Å². The van der Waals surface area contributed by atoms with Gasteiger partial charge in [-0.25, -0.2) is 4.79 Å². The number of esters is 1. The Bertz CT molecular complexity index is 1000. The first kappa shape index (κ1) is 22.3. The second-order valence-corrected chi connectivity index (χ2v) is 8.08. The molecule has 1 atom stereocenters. The lowest BCUT2D eigenvalue weighted by atomic mass is 9.99. The molecular formula is C23H27N3O5. The molecule has 1 saturated heterocycles. The van der Waals surface area contributed by atoms with Crippen molar-refractivity contribution in [2.24, 2.45) is 5.92 Å². The normalized spacial score (nSPS) is 16.0. The lowest BCUT2D eigenvalue weighted by Gasteiger charge is -2.32. The second-order valence-electron chi connectivity index (χ2n) is 8.08. The Balaban J connectivity index is 1.65. The number of nitrogens with zero attached hydrogens (tertiary/aromatic N) is 2. The highest BCUT2D eigenvalue weighted by Crippen LogP contribution is 2.32. The molecule has 0 aliphatic carbocycles. The van der Waals surface area contributed by atoms with Gasteiger partial charge in [-0.05, 0) is 68.0 Å². The number of hydrogen-bond acceptors (Lipinski definition) is 6. The Hall–Kier alpha value is -3.42. The maximum atomic E-state index is 12.4. The van der Waals surface area contributed by atoms with Gasteiger partial charge in [0.2, 0.25) is 0 Å². The predicted molar refractivity (Wildman–Crippen MR) is 119 cm³/mol. The van der Waals surface area contributed by atoms with Crippen LogP contribution in [-0.2, 0) is 9.53 Å². The number of hydrogen-bond donors (Lipinski definition) is 1. The molecule has 1 amide bonds. The van der Waals surface area contributed by atoms with E-state index < -0.39 is 23.4 Å². The summed E-state index contributed by atoms with van der Waals surface area (Å²) in [6.07, 6.45) is 2.07. The molecule has 2 aromatic carbocycles. The molecule has 0 radical (unpaired) electrons. The third-order valence-corrected chi connectivity index (χ3v) is 5.53. The van der Waals surface area contributed by atoms with Crippen molar-refractivity contribution in [2.45, 2.75) is 33.6 Å². The lowest BCUT2D eigenvalue weighted by Crippen LogP contribution is -2.34. The summed E-state index contributed by atoms with van der Waals surface area (Å²) in [5, 5.41) is 14.3. The summed E-state index contributed by atoms with van der Waals surface area (Å²) in [6.45, 7) is 7.03. The summed E-state index contributed by atoms with van der Waals surface area (Å²) in [5.74, 6) is -0.809. The van der Waals surface area contributed by atoms with Gasteiger partial charge in [0.25, 0.3) is 11.6 Å². The average molecular weight is 425 g/mol. The summed E-state index contributed by atoms with van der Waals surface area (Å²) in [7, 11) is 0. The van der Waals surface area contributed by atoms with Crippen LogP contribution < -0.4 is 10.2 Å². The summed E-state index contributed by atoms with van der Waals surface area (Å²) in [5.41, 5.74) is 3.15. The molecule has 1 aliphatic heterocycles. The van der Waals surface area contributed by atoms with Gasteiger partial charge in [-0.1, -0.05) is 13.0 Å². The van der Waals surface area contributed by atoms with Crippen molar-refractivity contribution in [1.29, 1.82) is 0 Å². The van der Waals surface area contributed by atoms with Crippen molar-refractivity contribution >= 4 is 28.9 Å². The van der Waals surface area contributed by atoms with E-state index in [1.54, 1.807) is 12.1 Å². The molecule has 164 valence electrons. The number of rotatable bonds is 6. The van der Waals surface area contributed by atoms with Crippen molar-refractivity contribution in [2.75, 3.05) is 29.9 Å². The van der Waals surface area contributed by atoms with Gasteiger partial charge in [0, 0.05) is 24.8 Å². The Morgan fingerprint density at radius 3 is 2.65 bits per heavy atom. The molecule has 8 heteroatoms. The number of aryl methyl sites for hydroxylation is 2. The Labute approximate surface area is 181 Å². The molecular weight excluding hydrogens is 398 g/mol. The topological polar surface area (TPSA) is 102 Å². The van der Waals surface area contributed by atoms with Crippen LogP contribution in [0.5, 0.6) is 0 Å². The van der Waals surface area contributed by atoms with Crippen LogP contribution in [0, 0.1) is 29.9 Å². The fourth-order valence-electron chi connectivity index (χ4n) is 3.70. The van der Waals surface area contributed by atoms with E-state index in [0.29, 0.717) is 17.3 Å². The minimum atomic E-state index is -0.781. The van der Waals surface area contributed by atoms with Gasteiger partial charge in [0.15, 0.2) is 6.61 Å². The van der Waals surface area contributed by atoms with Gasteiger partial charge in [-0.3, -0.25) is 14.9 Å². The zero-order valence-corrected chi connectivity index (χ0v) is 18.0. The lowest BCUT2D eigenvalue weighted by molar-refractivity contribution is -0.384. The monoisotopic (exact) mass is 425 g/mol. The Morgan fingerprint density at radius 1 is 1.19 bits per heavy atom. The smallest absolute Gasteiger partial charge is 0.338 e. The number of benzene rings is 2. The van der Waals surface area contributed by atoms with Crippen LogP contribution in [0.15, 0.2) is 36.4 Å². The summed E-state index contributed by atoms with van der Waals surface area (Å²) in [6, 6.07) is 9.80. The number of nitro benzene ring substituents is 1. The number of nitro groups is 1. The van der Waals surface area contributed by atoms with Crippen LogP contribution in [0.2, 0.25) is 0 Å². The number of carbonyl (C=O) groups is 2. The zero-order valence-electron chi connectivity index (χ0n) is 18.0. The zero-order chi connectivity index (χ0) is 22.5. The van der Waals surface area contributed by atoms with E-state index in [9.17, 15) is 19.7 Å². The molecule has 0 spiro atoms. The molecule has 0 aromatic heterocycles. The highest BCUT2D eigenvalue weighted by Gasteiger charge is 2.25. The maximum Gasteiger partial charge on any atom is 0.338 e. The largest absolute Gasteiger partial charge is 0.452 e. The van der Waals surface area contributed by atoms with Crippen molar-refractivity contribution in [3.8, 4) is 0 Å². The number of nitrogens with one attached hydrogen (secondary N) is 1. The van der Waals surface area contributed by atoms with Crippen molar-refractivity contribution in [3.05, 3.63) is 63.2 Å². The molecule has 3 rings (SSSR count). The summed E-state index contributed by atoms with van der Waals surface area (Å²) >= 11 is 0. The molecule has 1 N–H and O–H groups in total. The first-order valence-corrected chi connectivity index (χ1v) is 10.3. The highest BCUT2D eigenvalue weighted by atomic mass is 16.6. The van der Waals surface area contributed by atoms with E-state index in [4.69, 9.17) is 4.74 Å². The van der Waals surface area contributed by atoms with Gasteiger partial charge in [0.1, 0.15) is 5.69 Å². The Morgan fingerprint density at radius 2 is 1.97 bits per heavy atom. The van der Waals surface area contributed by atoms with Crippen molar-refractivity contribution in [3.63, 3.8) is 0 Å². The molecule has 0 bridgehead atoms. The molecule has 1 fully saturated rings. The number of anilines is 2. The highest BCUT2D eigenvalue weighted by molar-refractivity contribution is 5.96. The van der Waals surface area contributed by atoms with Crippen LogP contribution >= 0.6 is 0 Å². The van der Waals surface area contributed by atoms with Crippen LogP contribution in [0.25, 0.3) is 0 Å². The summed E-state index contributed by atoms with van der Waals surface area (Å²) < 4.78 is 5.07. The first-order valence-electron chi connectivity index (χ1n) is 10.3. The number of carbonyl (C=O) groups excluding carboxylic acids is 2. The number of piperidine rings is 1. The predicted octanol–water partition coefficient (Wildman–Crippen LogP) is 4.24. The van der Waals surface area contributed by atoms with Gasteiger partial charge >= 0.3 is 5.97 Å². The van der Waals surface area contributed by atoms with E-state index in [1.165, 1.54) is 12.1 Å². The third kappa shape index (κ3) is 5.59. The van der Waals surface area contributed by atoms with Crippen LogP contribution in [-0.4, -0.2) is 36.5 Å². The van der Waals surface area contributed by atoms with Gasteiger partial charge in [-0.2, -0.15) is 0 Å². The van der Waals surface area contributed by atoms with E-state index >= 15 is 0 Å². The Kier molecular flexibility index (Phi) is 6.89. The van der Waals surface area contributed by atoms with E-state index in [0.717, 1.165) is 37.1 Å². The fraction of sp³-hybridized carbons (Fsp3) is 0.391. The molecule has 1 aliphatic rings. The average Bonchev–Trinajstić information content (AvgIpc) is 2.74. The van der Waals surface area contributed by atoms with E-state index in [1.807, 2.05) is 30.9 Å². The molecule has 2 aromatic rings. The maximum absolute atomic E-state index is 12.4. The SMILES string of the molecule is Cc1ccc(NC(=O)COC(=O)c2ccc(N3CCC[C@H](C)C3)c([N+](=O)[O-])c2)cc1C. The van der Waals surface area contributed by atoms with E-state index in [-0.39, 0.29) is 11.3 Å². The number of ether oxygens (including phenoxy) is 1. The molecule has 0 unspecified atom stereocenters.